The lowest BCUT2D eigenvalue weighted by molar-refractivity contribution is 0.733. The molecular weight excluding hydrogens is 332 g/mol. The van der Waals surface area contributed by atoms with Crippen LogP contribution < -0.4 is 0 Å². The highest BCUT2D eigenvalue weighted by Crippen LogP contribution is 2.51. The fourth-order valence-electron chi connectivity index (χ4n) is 3.83. The Balaban J connectivity index is 1.93. The molecule has 1 aliphatic rings. The molecule has 0 aliphatic heterocycles. The van der Waals surface area contributed by atoms with Gasteiger partial charge in [-0.3, -0.25) is 0 Å². The van der Waals surface area contributed by atoms with Crippen LogP contribution in [-0.4, -0.2) is 5.25 Å². The van der Waals surface area contributed by atoms with Gasteiger partial charge in [-0.15, -0.1) is 11.8 Å². The number of allylic oxidation sites excluding steroid dienone is 1. The molecule has 3 aromatic rings. The Morgan fingerprint density at radius 2 is 1.12 bits per heavy atom. The molecule has 0 heterocycles. The third-order valence-electron chi connectivity index (χ3n) is 5.08. The van der Waals surface area contributed by atoms with Crippen LogP contribution in [0, 0.1) is 0 Å². The summed E-state index contributed by atoms with van der Waals surface area (Å²) >= 11 is 2.09. The van der Waals surface area contributed by atoms with E-state index in [0.29, 0.717) is 5.25 Å². The van der Waals surface area contributed by atoms with Gasteiger partial charge in [0.15, 0.2) is 0 Å². The van der Waals surface area contributed by atoms with Crippen LogP contribution in [0.2, 0.25) is 0 Å². The SMILES string of the molecule is C1=CC(SC(c2ccccc2)(c2ccccc2)c2ccccc2)CCC1. The molecule has 130 valence electrons. The first kappa shape index (κ1) is 17.2. The maximum Gasteiger partial charge on any atom is 0.0912 e. The Morgan fingerprint density at radius 3 is 1.50 bits per heavy atom. The lowest BCUT2D eigenvalue weighted by atomic mass is 9.84. The number of hydrogen-bond donors (Lipinski definition) is 0. The van der Waals surface area contributed by atoms with Crippen molar-refractivity contribution in [1.29, 1.82) is 0 Å². The van der Waals surface area contributed by atoms with Crippen molar-refractivity contribution in [3.8, 4) is 0 Å². The van der Waals surface area contributed by atoms with Crippen molar-refractivity contribution in [2.24, 2.45) is 0 Å². The second-order valence-electron chi connectivity index (χ2n) is 6.79. The normalized spacial score (nSPS) is 17.2. The Labute approximate surface area is 161 Å². The summed E-state index contributed by atoms with van der Waals surface area (Å²) in [6, 6.07) is 32.9. The largest absolute Gasteiger partial charge is 0.133 e. The lowest BCUT2D eigenvalue weighted by Gasteiger charge is -2.38. The van der Waals surface area contributed by atoms with Crippen molar-refractivity contribution in [2.45, 2.75) is 29.3 Å². The summed E-state index contributed by atoms with van der Waals surface area (Å²) in [5.41, 5.74) is 4.05. The average Bonchev–Trinajstić information content (AvgIpc) is 2.75. The third kappa shape index (κ3) is 3.37. The van der Waals surface area contributed by atoms with Gasteiger partial charge in [-0.05, 0) is 36.0 Å². The molecule has 1 atom stereocenters. The Bertz CT molecular complexity index is 740. The molecule has 0 amide bonds. The third-order valence-corrected chi connectivity index (χ3v) is 6.84. The summed E-state index contributed by atoms with van der Waals surface area (Å²) in [5.74, 6) is 0. The van der Waals surface area contributed by atoms with Crippen molar-refractivity contribution in [2.75, 3.05) is 0 Å². The zero-order chi connectivity index (χ0) is 17.7. The second kappa shape index (κ2) is 7.97. The Kier molecular flexibility index (Phi) is 5.26. The van der Waals surface area contributed by atoms with Gasteiger partial charge in [-0.2, -0.15) is 0 Å². The van der Waals surface area contributed by atoms with E-state index < -0.39 is 0 Å². The van der Waals surface area contributed by atoms with Crippen LogP contribution in [0.5, 0.6) is 0 Å². The smallest absolute Gasteiger partial charge is 0.0912 e. The summed E-state index contributed by atoms with van der Waals surface area (Å²) in [7, 11) is 0. The van der Waals surface area contributed by atoms with Gasteiger partial charge in [0.25, 0.3) is 0 Å². The summed E-state index contributed by atoms with van der Waals surface area (Å²) in [5, 5.41) is 0.532. The molecule has 26 heavy (non-hydrogen) atoms. The molecule has 0 aromatic heterocycles. The predicted octanol–water partition coefficient (Wildman–Crippen LogP) is 6.82. The van der Waals surface area contributed by atoms with E-state index in [1.54, 1.807) is 0 Å². The fraction of sp³-hybridized carbons (Fsp3) is 0.200. The first-order valence-electron chi connectivity index (χ1n) is 9.41. The summed E-state index contributed by atoms with van der Waals surface area (Å²) in [6.45, 7) is 0. The van der Waals surface area contributed by atoms with Crippen LogP contribution in [0.15, 0.2) is 103 Å². The minimum Gasteiger partial charge on any atom is -0.133 e. The van der Waals surface area contributed by atoms with Gasteiger partial charge in [0, 0.05) is 5.25 Å². The fourth-order valence-corrected chi connectivity index (χ4v) is 5.57. The van der Waals surface area contributed by atoms with E-state index in [1.165, 1.54) is 36.0 Å². The van der Waals surface area contributed by atoms with Crippen LogP contribution in [0.4, 0.5) is 0 Å². The van der Waals surface area contributed by atoms with E-state index in [2.05, 4.69) is 115 Å². The van der Waals surface area contributed by atoms with Crippen LogP contribution in [0.25, 0.3) is 0 Å². The zero-order valence-corrected chi connectivity index (χ0v) is 15.7. The van der Waals surface area contributed by atoms with Gasteiger partial charge >= 0.3 is 0 Å². The molecule has 0 radical (unpaired) electrons. The second-order valence-corrected chi connectivity index (χ2v) is 8.25. The van der Waals surface area contributed by atoms with Crippen LogP contribution >= 0.6 is 11.8 Å². The number of thioether (sulfide) groups is 1. The standard InChI is InChI=1S/C25H24S/c1-5-13-21(14-6-1)25(22-15-7-2-8-16-22,23-17-9-3-10-18-23)26-24-19-11-4-12-20-24/h1-3,5-11,13-19,24H,4,12,20H2. The van der Waals surface area contributed by atoms with Gasteiger partial charge in [-0.1, -0.05) is 103 Å². The van der Waals surface area contributed by atoms with E-state index in [9.17, 15) is 0 Å². The van der Waals surface area contributed by atoms with Gasteiger partial charge in [0.1, 0.15) is 0 Å². The molecule has 3 aromatic carbocycles. The van der Waals surface area contributed by atoms with Crippen molar-refractivity contribution in [1.82, 2.24) is 0 Å². The number of benzene rings is 3. The van der Waals surface area contributed by atoms with E-state index in [1.807, 2.05) is 0 Å². The maximum absolute atomic E-state index is 2.41. The molecule has 0 fully saturated rings. The zero-order valence-electron chi connectivity index (χ0n) is 14.9. The topological polar surface area (TPSA) is 0 Å². The molecular formula is C25H24S. The minimum absolute atomic E-state index is 0.198. The van der Waals surface area contributed by atoms with Crippen LogP contribution in [0.3, 0.4) is 0 Å². The first-order chi connectivity index (χ1) is 12.9. The highest BCUT2D eigenvalue weighted by molar-refractivity contribution is 8.01. The molecule has 0 saturated heterocycles. The van der Waals surface area contributed by atoms with Crippen molar-refractivity contribution in [3.63, 3.8) is 0 Å². The van der Waals surface area contributed by atoms with Crippen LogP contribution in [0.1, 0.15) is 36.0 Å². The van der Waals surface area contributed by atoms with E-state index in [4.69, 9.17) is 0 Å². The summed E-state index contributed by atoms with van der Waals surface area (Å²) < 4.78 is -0.198. The molecule has 1 unspecified atom stereocenters. The number of rotatable bonds is 5. The molecule has 0 bridgehead atoms. The summed E-state index contributed by atoms with van der Waals surface area (Å²) in [4.78, 5) is 0. The van der Waals surface area contributed by atoms with E-state index in [0.717, 1.165) is 0 Å². The Hall–Kier alpha value is -2.25. The highest BCUT2D eigenvalue weighted by atomic mass is 32.2. The van der Waals surface area contributed by atoms with Gasteiger partial charge in [0.05, 0.1) is 4.75 Å². The van der Waals surface area contributed by atoms with Crippen molar-refractivity contribution < 1.29 is 0 Å². The highest BCUT2D eigenvalue weighted by Gasteiger charge is 2.38. The maximum atomic E-state index is 2.41. The van der Waals surface area contributed by atoms with Crippen LogP contribution in [-0.2, 0) is 4.75 Å². The molecule has 1 aliphatic carbocycles. The minimum atomic E-state index is -0.198. The predicted molar refractivity (Wildman–Crippen MR) is 114 cm³/mol. The molecule has 4 rings (SSSR count). The lowest BCUT2D eigenvalue weighted by Crippen LogP contribution is -2.28. The van der Waals surface area contributed by atoms with E-state index >= 15 is 0 Å². The van der Waals surface area contributed by atoms with E-state index in [-0.39, 0.29) is 4.75 Å². The van der Waals surface area contributed by atoms with Gasteiger partial charge in [-0.25, -0.2) is 0 Å². The molecule has 0 saturated carbocycles. The monoisotopic (exact) mass is 356 g/mol. The van der Waals surface area contributed by atoms with Crippen molar-refractivity contribution >= 4 is 11.8 Å². The van der Waals surface area contributed by atoms with Gasteiger partial charge in [0.2, 0.25) is 0 Å². The molecule has 0 spiro atoms. The van der Waals surface area contributed by atoms with Crippen molar-refractivity contribution in [3.05, 3.63) is 120 Å². The molecule has 1 heteroatoms. The average molecular weight is 357 g/mol. The Morgan fingerprint density at radius 1 is 0.654 bits per heavy atom. The molecule has 0 N–H and O–H groups in total. The molecule has 0 nitrogen and oxygen atoms in total. The first-order valence-corrected chi connectivity index (χ1v) is 10.3. The number of hydrogen-bond acceptors (Lipinski definition) is 1. The van der Waals surface area contributed by atoms with Gasteiger partial charge < -0.3 is 0 Å². The quantitative estimate of drug-likeness (QED) is 0.357. The summed E-state index contributed by atoms with van der Waals surface area (Å²) in [6.07, 6.45) is 8.51.